The molecule has 6 nitrogen and oxygen atoms in total. The number of carbonyl (C=O) groups excluding carboxylic acids is 3. The van der Waals surface area contributed by atoms with Gasteiger partial charge in [-0.05, 0) is 56.7 Å². The minimum absolute atomic E-state index is 0.288. The number of aryl methyl sites for hydroxylation is 2. The summed E-state index contributed by atoms with van der Waals surface area (Å²) in [5.74, 6) is -1.99. The van der Waals surface area contributed by atoms with Crippen molar-refractivity contribution in [2.24, 2.45) is 0 Å². The largest absolute Gasteiger partial charge is 0.462 e. The van der Waals surface area contributed by atoms with Gasteiger partial charge in [0.2, 0.25) is 0 Å². The van der Waals surface area contributed by atoms with Gasteiger partial charge in [0.25, 0.3) is 0 Å². The average molecular weight is 340 g/mol. The highest BCUT2D eigenvalue weighted by atomic mass is 16.5. The van der Waals surface area contributed by atoms with Gasteiger partial charge in [0.15, 0.2) is 0 Å². The molecular weight excluding hydrogens is 320 g/mol. The predicted octanol–water partition coefficient (Wildman–Crippen LogP) is 3.06. The molecule has 0 spiro atoms. The molecule has 0 heterocycles. The molecule has 6 heteroatoms. The van der Waals surface area contributed by atoms with E-state index in [1.165, 1.54) is 24.3 Å². The zero-order valence-electron chi connectivity index (χ0n) is 14.4. The number of hydrogen-bond donors (Lipinski definition) is 2. The number of carbonyl (C=O) groups is 3. The maximum atomic E-state index is 12.0. The van der Waals surface area contributed by atoms with Crippen LogP contribution in [0.5, 0.6) is 0 Å². The number of esters is 1. The second-order valence-corrected chi connectivity index (χ2v) is 5.52. The van der Waals surface area contributed by atoms with E-state index in [1.807, 2.05) is 26.0 Å². The Kier molecular flexibility index (Phi) is 5.89. The molecule has 0 bridgehead atoms. The van der Waals surface area contributed by atoms with E-state index >= 15 is 0 Å². The second kappa shape index (κ2) is 8.10. The van der Waals surface area contributed by atoms with E-state index in [4.69, 9.17) is 4.74 Å². The average Bonchev–Trinajstić information content (AvgIpc) is 2.58. The van der Waals surface area contributed by atoms with Crippen LogP contribution >= 0.6 is 0 Å². The van der Waals surface area contributed by atoms with Crippen molar-refractivity contribution in [1.82, 2.24) is 0 Å². The lowest BCUT2D eigenvalue weighted by molar-refractivity contribution is -0.133. The van der Waals surface area contributed by atoms with Crippen molar-refractivity contribution >= 4 is 29.2 Å². The van der Waals surface area contributed by atoms with Crippen LogP contribution < -0.4 is 10.6 Å². The third-order valence-corrected chi connectivity index (χ3v) is 3.49. The molecule has 0 aliphatic heterocycles. The van der Waals surface area contributed by atoms with Gasteiger partial charge in [-0.3, -0.25) is 9.59 Å². The van der Waals surface area contributed by atoms with Gasteiger partial charge in [-0.15, -0.1) is 0 Å². The SMILES string of the molecule is CCOC(=O)c1ccc(NC(=O)C(=O)Nc2ccc(C)cc2C)cc1. The van der Waals surface area contributed by atoms with Gasteiger partial charge < -0.3 is 15.4 Å². The van der Waals surface area contributed by atoms with Gasteiger partial charge >= 0.3 is 17.8 Å². The van der Waals surface area contributed by atoms with E-state index in [0.29, 0.717) is 16.9 Å². The van der Waals surface area contributed by atoms with Crippen molar-refractivity contribution in [3.05, 3.63) is 59.2 Å². The molecule has 0 fully saturated rings. The topological polar surface area (TPSA) is 84.5 Å². The zero-order valence-corrected chi connectivity index (χ0v) is 14.4. The lowest BCUT2D eigenvalue weighted by Crippen LogP contribution is -2.29. The van der Waals surface area contributed by atoms with E-state index in [0.717, 1.165) is 11.1 Å². The number of ether oxygens (including phenoxy) is 1. The number of nitrogens with one attached hydrogen (secondary N) is 2. The monoisotopic (exact) mass is 340 g/mol. The lowest BCUT2D eigenvalue weighted by atomic mass is 10.1. The molecule has 0 atom stereocenters. The molecule has 2 rings (SSSR count). The molecule has 25 heavy (non-hydrogen) atoms. The Hall–Kier alpha value is -3.15. The molecule has 130 valence electrons. The molecule has 2 amide bonds. The summed E-state index contributed by atoms with van der Waals surface area (Å²) in [5.41, 5.74) is 3.32. The molecule has 2 N–H and O–H groups in total. The minimum Gasteiger partial charge on any atom is -0.462 e. The molecule has 0 unspecified atom stereocenters. The van der Waals surface area contributed by atoms with Crippen molar-refractivity contribution in [1.29, 1.82) is 0 Å². The maximum absolute atomic E-state index is 12.0. The summed E-state index contributed by atoms with van der Waals surface area (Å²) in [6.07, 6.45) is 0. The summed E-state index contributed by atoms with van der Waals surface area (Å²) in [7, 11) is 0. The first-order chi connectivity index (χ1) is 11.9. The molecule has 2 aromatic carbocycles. The van der Waals surface area contributed by atoms with Gasteiger partial charge in [-0.1, -0.05) is 17.7 Å². The number of benzene rings is 2. The van der Waals surface area contributed by atoms with E-state index in [1.54, 1.807) is 13.0 Å². The van der Waals surface area contributed by atoms with Crippen molar-refractivity contribution in [3.8, 4) is 0 Å². The zero-order chi connectivity index (χ0) is 18.4. The van der Waals surface area contributed by atoms with Gasteiger partial charge in [0, 0.05) is 11.4 Å². The number of rotatable bonds is 4. The fourth-order valence-corrected chi connectivity index (χ4v) is 2.22. The van der Waals surface area contributed by atoms with Crippen LogP contribution in [-0.2, 0) is 14.3 Å². The van der Waals surface area contributed by atoms with Gasteiger partial charge in [0.05, 0.1) is 12.2 Å². The fraction of sp³-hybridized carbons (Fsp3) is 0.211. The normalized spacial score (nSPS) is 10.0. The minimum atomic E-state index is -0.788. The molecule has 0 aliphatic carbocycles. The first-order valence-corrected chi connectivity index (χ1v) is 7.87. The number of hydrogen-bond acceptors (Lipinski definition) is 4. The molecule has 0 saturated heterocycles. The van der Waals surface area contributed by atoms with Crippen molar-refractivity contribution in [2.75, 3.05) is 17.2 Å². The third-order valence-electron chi connectivity index (χ3n) is 3.49. The van der Waals surface area contributed by atoms with Crippen LogP contribution in [0.3, 0.4) is 0 Å². The maximum Gasteiger partial charge on any atom is 0.338 e. The van der Waals surface area contributed by atoms with E-state index < -0.39 is 17.8 Å². The first-order valence-electron chi connectivity index (χ1n) is 7.87. The van der Waals surface area contributed by atoms with Gasteiger partial charge in [-0.2, -0.15) is 0 Å². The van der Waals surface area contributed by atoms with Crippen LogP contribution in [0.15, 0.2) is 42.5 Å². The predicted molar refractivity (Wildman–Crippen MR) is 95.6 cm³/mol. The summed E-state index contributed by atoms with van der Waals surface area (Å²) in [6, 6.07) is 11.6. The smallest absolute Gasteiger partial charge is 0.338 e. The molecule has 0 radical (unpaired) electrons. The molecule has 0 aliphatic rings. The highest BCUT2D eigenvalue weighted by molar-refractivity contribution is 6.43. The Bertz CT molecular complexity index is 798. The first kappa shape index (κ1) is 18.2. The molecule has 0 saturated carbocycles. The van der Waals surface area contributed by atoms with Crippen LogP contribution in [0.4, 0.5) is 11.4 Å². The van der Waals surface area contributed by atoms with Crippen LogP contribution in [0.2, 0.25) is 0 Å². The lowest BCUT2D eigenvalue weighted by Gasteiger charge is -2.10. The number of amides is 2. The fourth-order valence-electron chi connectivity index (χ4n) is 2.22. The molecule has 0 aromatic heterocycles. The van der Waals surface area contributed by atoms with Crippen molar-refractivity contribution in [2.45, 2.75) is 20.8 Å². The summed E-state index contributed by atoms with van der Waals surface area (Å²) in [4.78, 5) is 35.6. The van der Waals surface area contributed by atoms with Crippen LogP contribution in [-0.4, -0.2) is 24.4 Å². The Morgan fingerprint density at radius 2 is 1.56 bits per heavy atom. The van der Waals surface area contributed by atoms with E-state index in [-0.39, 0.29) is 6.61 Å². The summed E-state index contributed by atoms with van der Waals surface area (Å²) in [6.45, 7) is 5.82. The Labute approximate surface area is 146 Å². The number of anilines is 2. The summed E-state index contributed by atoms with van der Waals surface area (Å²) in [5, 5.41) is 5.07. The van der Waals surface area contributed by atoms with Crippen molar-refractivity contribution < 1.29 is 19.1 Å². The Morgan fingerprint density at radius 3 is 2.16 bits per heavy atom. The third kappa shape index (κ3) is 4.91. The van der Waals surface area contributed by atoms with E-state index in [2.05, 4.69) is 10.6 Å². The van der Waals surface area contributed by atoms with Gasteiger partial charge in [0.1, 0.15) is 0 Å². The van der Waals surface area contributed by atoms with Crippen LogP contribution in [0.25, 0.3) is 0 Å². The standard InChI is InChI=1S/C19H20N2O4/c1-4-25-19(24)14-6-8-15(9-7-14)20-17(22)18(23)21-16-10-5-12(2)11-13(16)3/h5-11H,4H2,1-3H3,(H,20,22)(H,21,23). The van der Waals surface area contributed by atoms with Crippen LogP contribution in [0.1, 0.15) is 28.4 Å². The van der Waals surface area contributed by atoms with Crippen molar-refractivity contribution in [3.63, 3.8) is 0 Å². The molecule has 2 aromatic rings. The highest BCUT2D eigenvalue weighted by Gasteiger charge is 2.15. The highest BCUT2D eigenvalue weighted by Crippen LogP contribution is 2.16. The van der Waals surface area contributed by atoms with E-state index in [9.17, 15) is 14.4 Å². The van der Waals surface area contributed by atoms with Crippen LogP contribution in [0, 0.1) is 13.8 Å². The quantitative estimate of drug-likeness (QED) is 0.662. The van der Waals surface area contributed by atoms with Gasteiger partial charge in [-0.25, -0.2) is 4.79 Å². The molecular formula is C19H20N2O4. The summed E-state index contributed by atoms with van der Waals surface area (Å²) < 4.78 is 4.88. The Morgan fingerprint density at radius 1 is 0.920 bits per heavy atom. The summed E-state index contributed by atoms with van der Waals surface area (Å²) >= 11 is 0. The Balaban J connectivity index is 1.99. The second-order valence-electron chi connectivity index (χ2n) is 5.52.